The number of hydrogen-bond acceptors (Lipinski definition) is 2. The lowest BCUT2D eigenvalue weighted by molar-refractivity contribution is -0.255. The first-order valence-electron chi connectivity index (χ1n) is 5.17. The first kappa shape index (κ1) is 15.4. The van der Waals surface area contributed by atoms with Crippen LogP contribution < -0.4 is 4.74 Å². The van der Waals surface area contributed by atoms with Gasteiger partial charge in [0.15, 0.2) is 0 Å². The fraction of sp³-hybridized carbons (Fsp3) is 0.417. The molecule has 0 bridgehead atoms. The Labute approximate surface area is 106 Å². The second kappa shape index (κ2) is 4.79. The molecule has 0 aromatic heterocycles. The maximum Gasteiger partial charge on any atom is 0.461 e. The zero-order chi connectivity index (χ0) is 15.0. The van der Waals surface area contributed by atoms with Crippen LogP contribution in [0.1, 0.15) is 21.5 Å². The highest BCUT2D eigenvalue weighted by Crippen LogP contribution is 2.40. The van der Waals surface area contributed by atoms with Gasteiger partial charge in [0, 0.05) is 0 Å². The molecule has 7 heteroatoms. The Kier molecular flexibility index (Phi) is 3.88. The van der Waals surface area contributed by atoms with E-state index in [1.54, 1.807) is 6.92 Å². The van der Waals surface area contributed by atoms with Gasteiger partial charge in [0.2, 0.25) is 5.78 Å². The van der Waals surface area contributed by atoms with Crippen LogP contribution in [0.2, 0.25) is 0 Å². The lowest BCUT2D eigenvalue weighted by atomic mass is 9.97. The number of methoxy groups -OCH3 is 1. The molecular formula is C12H11F5O2. The number of ether oxygens (including phenoxy) is 1. The zero-order valence-corrected chi connectivity index (χ0v) is 10.4. The topological polar surface area (TPSA) is 26.3 Å². The Morgan fingerprint density at radius 2 is 1.63 bits per heavy atom. The number of Topliss-reactive ketones (excluding diaryl/α,β-unsaturated/α-hetero) is 1. The van der Waals surface area contributed by atoms with E-state index in [0.29, 0.717) is 5.56 Å². The van der Waals surface area contributed by atoms with E-state index in [-0.39, 0.29) is 11.3 Å². The van der Waals surface area contributed by atoms with Crippen molar-refractivity contribution in [3.63, 3.8) is 0 Å². The molecule has 0 saturated carbocycles. The van der Waals surface area contributed by atoms with E-state index in [1.165, 1.54) is 19.1 Å². The molecule has 0 atom stereocenters. The van der Waals surface area contributed by atoms with Gasteiger partial charge in [0.25, 0.3) is 0 Å². The molecule has 0 amide bonds. The van der Waals surface area contributed by atoms with Gasteiger partial charge in [-0.3, -0.25) is 4.79 Å². The molecule has 0 heterocycles. The van der Waals surface area contributed by atoms with E-state index in [0.717, 1.165) is 7.11 Å². The third kappa shape index (κ3) is 2.69. The van der Waals surface area contributed by atoms with Crippen molar-refractivity contribution in [1.82, 2.24) is 0 Å². The molecule has 0 fully saturated rings. The third-order valence-electron chi connectivity index (χ3n) is 2.53. The predicted octanol–water partition coefficient (Wildman–Crippen LogP) is 3.69. The molecule has 0 N–H and O–H groups in total. The highest BCUT2D eigenvalue weighted by molar-refractivity contribution is 6.05. The van der Waals surface area contributed by atoms with Gasteiger partial charge in [0.1, 0.15) is 5.75 Å². The molecule has 0 saturated heterocycles. The van der Waals surface area contributed by atoms with Crippen LogP contribution >= 0.6 is 0 Å². The number of alkyl halides is 5. The minimum atomic E-state index is -5.94. The second-order valence-corrected chi connectivity index (χ2v) is 4.06. The summed E-state index contributed by atoms with van der Waals surface area (Å²) in [7, 11) is 1.09. The van der Waals surface area contributed by atoms with Crippen LogP contribution in [-0.2, 0) is 0 Å². The van der Waals surface area contributed by atoms with Gasteiger partial charge < -0.3 is 4.74 Å². The molecule has 1 aromatic rings. The minimum Gasteiger partial charge on any atom is -0.496 e. The van der Waals surface area contributed by atoms with E-state index in [9.17, 15) is 26.7 Å². The van der Waals surface area contributed by atoms with Crippen molar-refractivity contribution in [3.8, 4) is 5.75 Å². The summed E-state index contributed by atoms with van der Waals surface area (Å²) in [5, 5.41) is 0. The minimum absolute atomic E-state index is 0.00535. The Hall–Kier alpha value is -1.66. The average Bonchev–Trinajstić information content (AvgIpc) is 2.25. The number of carbonyl (C=O) groups excluding carboxylic acids is 1. The number of carbonyl (C=O) groups is 1. The molecule has 1 aromatic carbocycles. The van der Waals surface area contributed by atoms with E-state index < -0.39 is 23.4 Å². The zero-order valence-electron chi connectivity index (χ0n) is 10.4. The molecule has 1 rings (SSSR count). The van der Waals surface area contributed by atoms with Crippen LogP contribution in [-0.4, -0.2) is 25.0 Å². The van der Waals surface area contributed by atoms with Gasteiger partial charge in [-0.25, -0.2) is 0 Å². The monoisotopic (exact) mass is 282 g/mol. The fourth-order valence-electron chi connectivity index (χ4n) is 1.67. The molecule has 106 valence electrons. The highest BCUT2D eigenvalue weighted by atomic mass is 19.4. The summed E-state index contributed by atoms with van der Waals surface area (Å²) >= 11 is 0. The van der Waals surface area contributed by atoms with Crippen molar-refractivity contribution in [3.05, 3.63) is 28.8 Å². The summed E-state index contributed by atoms with van der Waals surface area (Å²) in [6.45, 7) is 2.88. The maximum atomic E-state index is 13.1. The standard InChI is InChI=1S/C12H11F5O2/c1-6-4-7(2)9(8(5-6)19-3)10(18)11(13,14)12(15,16)17/h4-5H,1-3H3. The normalized spacial score (nSPS) is 12.4. The average molecular weight is 282 g/mol. The summed E-state index contributed by atoms with van der Waals surface area (Å²) in [6.07, 6.45) is -5.94. The molecule has 0 radical (unpaired) electrons. The Morgan fingerprint density at radius 1 is 1.11 bits per heavy atom. The Bertz CT molecular complexity index is 506. The Morgan fingerprint density at radius 3 is 2.05 bits per heavy atom. The van der Waals surface area contributed by atoms with Crippen LogP contribution in [0.4, 0.5) is 22.0 Å². The Balaban J connectivity index is 3.43. The van der Waals surface area contributed by atoms with Crippen molar-refractivity contribution in [2.75, 3.05) is 7.11 Å². The summed E-state index contributed by atoms with van der Waals surface area (Å²) < 4.78 is 67.5. The first-order valence-corrected chi connectivity index (χ1v) is 5.17. The summed E-state index contributed by atoms with van der Waals surface area (Å²) in [4.78, 5) is 11.5. The van der Waals surface area contributed by atoms with Crippen molar-refractivity contribution < 1.29 is 31.5 Å². The SMILES string of the molecule is COc1cc(C)cc(C)c1C(=O)C(F)(F)C(F)(F)F. The summed E-state index contributed by atoms with van der Waals surface area (Å²) in [5.74, 6) is -8.05. The van der Waals surface area contributed by atoms with Crippen molar-refractivity contribution >= 4 is 5.78 Å². The number of ketones is 1. The molecule has 0 spiro atoms. The summed E-state index contributed by atoms with van der Waals surface area (Å²) in [5.41, 5.74) is -0.164. The molecule has 2 nitrogen and oxygen atoms in total. The predicted molar refractivity (Wildman–Crippen MR) is 57.8 cm³/mol. The lowest BCUT2D eigenvalue weighted by Gasteiger charge is -2.20. The molecule has 19 heavy (non-hydrogen) atoms. The van der Waals surface area contributed by atoms with Crippen LogP contribution in [0.25, 0.3) is 0 Å². The number of rotatable bonds is 3. The van der Waals surface area contributed by atoms with Crippen LogP contribution in [0.15, 0.2) is 12.1 Å². The largest absolute Gasteiger partial charge is 0.496 e. The lowest BCUT2D eigenvalue weighted by Crippen LogP contribution is -2.44. The molecule has 0 aliphatic heterocycles. The van der Waals surface area contributed by atoms with E-state index in [2.05, 4.69) is 0 Å². The third-order valence-corrected chi connectivity index (χ3v) is 2.53. The van der Waals surface area contributed by atoms with Gasteiger partial charge in [-0.05, 0) is 31.0 Å². The summed E-state index contributed by atoms with van der Waals surface area (Å²) in [6, 6.07) is 2.56. The molecule has 0 aliphatic carbocycles. The van der Waals surface area contributed by atoms with Gasteiger partial charge in [0.05, 0.1) is 12.7 Å². The number of benzene rings is 1. The van der Waals surface area contributed by atoms with Gasteiger partial charge >= 0.3 is 12.1 Å². The highest BCUT2D eigenvalue weighted by Gasteiger charge is 2.63. The second-order valence-electron chi connectivity index (χ2n) is 4.06. The van der Waals surface area contributed by atoms with E-state index in [1.807, 2.05) is 0 Å². The van der Waals surface area contributed by atoms with Crippen molar-refractivity contribution in [2.24, 2.45) is 0 Å². The smallest absolute Gasteiger partial charge is 0.461 e. The molecule has 0 aliphatic rings. The quantitative estimate of drug-likeness (QED) is 0.624. The van der Waals surface area contributed by atoms with Crippen molar-refractivity contribution in [1.29, 1.82) is 0 Å². The number of aryl methyl sites for hydroxylation is 2. The fourth-order valence-corrected chi connectivity index (χ4v) is 1.67. The van der Waals surface area contributed by atoms with Crippen molar-refractivity contribution in [2.45, 2.75) is 25.9 Å². The molecule has 0 unspecified atom stereocenters. The van der Waals surface area contributed by atoms with Gasteiger partial charge in [-0.2, -0.15) is 22.0 Å². The number of hydrogen-bond donors (Lipinski definition) is 0. The first-order chi connectivity index (χ1) is 8.52. The maximum absolute atomic E-state index is 13.1. The van der Waals surface area contributed by atoms with Crippen LogP contribution in [0, 0.1) is 13.8 Å². The van der Waals surface area contributed by atoms with E-state index in [4.69, 9.17) is 4.74 Å². The van der Waals surface area contributed by atoms with E-state index >= 15 is 0 Å². The van der Waals surface area contributed by atoms with Crippen LogP contribution in [0.5, 0.6) is 5.75 Å². The van der Waals surface area contributed by atoms with Gasteiger partial charge in [-0.1, -0.05) is 6.07 Å². The molecular weight excluding hydrogens is 271 g/mol. The number of halogens is 5. The van der Waals surface area contributed by atoms with Gasteiger partial charge in [-0.15, -0.1) is 0 Å². The van der Waals surface area contributed by atoms with Crippen LogP contribution in [0.3, 0.4) is 0 Å².